The van der Waals surface area contributed by atoms with Crippen LogP contribution in [0.25, 0.3) is 0 Å². The molecule has 0 aliphatic heterocycles. The van der Waals surface area contributed by atoms with E-state index >= 15 is 0 Å². The third kappa shape index (κ3) is 5.09. The van der Waals surface area contributed by atoms with E-state index in [1.165, 1.54) is 23.5 Å². The smallest absolute Gasteiger partial charge is 0.416 e. The minimum atomic E-state index is -4.35. The van der Waals surface area contributed by atoms with E-state index in [2.05, 4.69) is 26.1 Å². The largest absolute Gasteiger partial charge is 0.496 e. The number of hydrogen-bond donors (Lipinski definition) is 1. The fraction of sp³-hybridized carbons (Fsp3) is 0.318. The van der Waals surface area contributed by atoms with Crippen LogP contribution in [-0.4, -0.2) is 12.1 Å². The van der Waals surface area contributed by atoms with E-state index in [0.717, 1.165) is 34.0 Å². The fourth-order valence-electron chi connectivity index (χ4n) is 3.00. The second kappa shape index (κ2) is 8.06. The average Bonchev–Trinajstić information content (AvgIpc) is 3.04. The standard InChI is InChI=1S/C22H23F3N2OS/c1-21(2,3)19-18(13-14-7-5-6-8-17(14)28-4)29-20(27-19)26-16-11-9-15(10-12-16)22(23,24)25/h5-12H,13H2,1-4H3,(H,26,27). The minimum absolute atomic E-state index is 0.173. The summed E-state index contributed by atoms with van der Waals surface area (Å²) in [6.07, 6.45) is -3.68. The third-order valence-corrected chi connectivity index (χ3v) is 5.39. The van der Waals surface area contributed by atoms with Crippen molar-refractivity contribution in [2.75, 3.05) is 12.4 Å². The van der Waals surface area contributed by atoms with Gasteiger partial charge in [-0.15, -0.1) is 11.3 Å². The Labute approximate surface area is 172 Å². The van der Waals surface area contributed by atoms with Crippen LogP contribution in [-0.2, 0) is 18.0 Å². The van der Waals surface area contributed by atoms with Crippen LogP contribution in [0.3, 0.4) is 0 Å². The number of nitrogens with one attached hydrogen (secondary N) is 1. The molecule has 3 nitrogen and oxygen atoms in total. The maximum absolute atomic E-state index is 12.8. The van der Waals surface area contributed by atoms with Crippen molar-refractivity contribution in [1.82, 2.24) is 4.98 Å². The Bertz CT molecular complexity index is 973. The van der Waals surface area contributed by atoms with Gasteiger partial charge in [-0.3, -0.25) is 0 Å². The first-order valence-electron chi connectivity index (χ1n) is 9.14. The van der Waals surface area contributed by atoms with Crippen LogP contribution < -0.4 is 10.1 Å². The second-order valence-corrected chi connectivity index (χ2v) is 8.81. The molecule has 0 bridgehead atoms. The summed E-state index contributed by atoms with van der Waals surface area (Å²) in [6, 6.07) is 12.8. The normalized spacial score (nSPS) is 12.1. The average molecular weight is 421 g/mol. The van der Waals surface area contributed by atoms with Crippen LogP contribution in [0, 0.1) is 0 Å². The maximum atomic E-state index is 12.8. The summed E-state index contributed by atoms with van der Waals surface area (Å²) in [5, 5.41) is 3.79. The monoisotopic (exact) mass is 420 g/mol. The number of anilines is 2. The molecule has 0 saturated heterocycles. The first-order valence-corrected chi connectivity index (χ1v) is 9.96. The van der Waals surface area contributed by atoms with Gasteiger partial charge in [-0.2, -0.15) is 13.2 Å². The number of hydrogen-bond acceptors (Lipinski definition) is 4. The number of halogens is 3. The summed E-state index contributed by atoms with van der Waals surface area (Å²) < 4.78 is 43.7. The van der Waals surface area contributed by atoms with Crippen molar-refractivity contribution in [3.8, 4) is 5.75 Å². The summed E-state index contributed by atoms with van der Waals surface area (Å²) >= 11 is 1.50. The van der Waals surface area contributed by atoms with Gasteiger partial charge >= 0.3 is 6.18 Å². The van der Waals surface area contributed by atoms with Crippen molar-refractivity contribution < 1.29 is 17.9 Å². The zero-order valence-corrected chi connectivity index (χ0v) is 17.5. The Morgan fingerprint density at radius 2 is 1.66 bits per heavy atom. The molecule has 0 radical (unpaired) electrons. The van der Waals surface area contributed by atoms with E-state index in [0.29, 0.717) is 17.2 Å². The summed E-state index contributed by atoms with van der Waals surface area (Å²) in [4.78, 5) is 5.84. The van der Waals surface area contributed by atoms with Gasteiger partial charge < -0.3 is 10.1 Å². The Morgan fingerprint density at radius 3 is 2.24 bits per heavy atom. The SMILES string of the molecule is COc1ccccc1Cc1sc(Nc2ccc(C(F)(F)F)cc2)nc1C(C)(C)C. The predicted molar refractivity (Wildman–Crippen MR) is 111 cm³/mol. The highest BCUT2D eigenvalue weighted by Crippen LogP contribution is 2.36. The number of aromatic nitrogens is 1. The maximum Gasteiger partial charge on any atom is 0.416 e. The molecule has 0 spiro atoms. The predicted octanol–water partition coefficient (Wildman–Crippen LogP) is 6.80. The van der Waals surface area contributed by atoms with Crippen molar-refractivity contribution in [2.24, 2.45) is 0 Å². The molecule has 7 heteroatoms. The fourth-order valence-corrected chi connectivity index (χ4v) is 4.21. The number of ether oxygens (including phenoxy) is 1. The molecule has 0 amide bonds. The Hall–Kier alpha value is -2.54. The van der Waals surface area contributed by atoms with Gasteiger partial charge in [-0.1, -0.05) is 39.0 Å². The third-order valence-electron chi connectivity index (χ3n) is 4.41. The van der Waals surface area contributed by atoms with Crippen molar-refractivity contribution in [3.05, 3.63) is 70.2 Å². The Balaban J connectivity index is 1.89. The quantitative estimate of drug-likeness (QED) is 0.493. The molecule has 1 N–H and O–H groups in total. The number of benzene rings is 2. The molecular weight excluding hydrogens is 397 g/mol. The molecule has 0 aliphatic rings. The first kappa shape index (κ1) is 21.2. The van der Waals surface area contributed by atoms with Gasteiger partial charge in [0.15, 0.2) is 5.13 Å². The zero-order chi connectivity index (χ0) is 21.2. The lowest BCUT2D eigenvalue weighted by molar-refractivity contribution is -0.137. The number of alkyl halides is 3. The first-order chi connectivity index (χ1) is 13.6. The molecule has 29 heavy (non-hydrogen) atoms. The molecule has 0 aliphatic carbocycles. The van der Waals surface area contributed by atoms with Crippen LogP contribution in [0.5, 0.6) is 5.75 Å². The molecule has 0 atom stereocenters. The lowest BCUT2D eigenvalue weighted by atomic mass is 9.90. The molecule has 2 aromatic carbocycles. The number of nitrogens with zero attached hydrogens (tertiary/aromatic N) is 1. The highest BCUT2D eigenvalue weighted by atomic mass is 32.1. The number of para-hydroxylation sites is 1. The highest BCUT2D eigenvalue weighted by molar-refractivity contribution is 7.15. The summed E-state index contributed by atoms with van der Waals surface area (Å²) in [5.74, 6) is 0.818. The van der Waals surface area contributed by atoms with Gasteiger partial charge in [0.05, 0.1) is 18.4 Å². The van der Waals surface area contributed by atoms with E-state index in [9.17, 15) is 13.2 Å². The van der Waals surface area contributed by atoms with E-state index in [4.69, 9.17) is 9.72 Å². The van der Waals surface area contributed by atoms with Gasteiger partial charge in [-0.25, -0.2) is 4.98 Å². The lowest BCUT2D eigenvalue weighted by Crippen LogP contribution is -2.14. The van der Waals surface area contributed by atoms with Crippen LogP contribution in [0.2, 0.25) is 0 Å². The zero-order valence-electron chi connectivity index (χ0n) is 16.7. The van der Waals surface area contributed by atoms with Crippen molar-refractivity contribution in [1.29, 1.82) is 0 Å². The Morgan fingerprint density at radius 1 is 1.00 bits per heavy atom. The van der Waals surface area contributed by atoms with E-state index < -0.39 is 11.7 Å². The summed E-state index contributed by atoms with van der Waals surface area (Å²) in [6.45, 7) is 6.28. The molecular formula is C22H23F3N2OS. The summed E-state index contributed by atoms with van der Waals surface area (Å²) in [5.41, 5.74) is 1.74. The summed E-state index contributed by atoms with van der Waals surface area (Å²) in [7, 11) is 1.65. The van der Waals surface area contributed by atoms with Gasteiger partial charge in [0.25, 0.3) is 0 Å². The van der Waals surface area contributed by atoms with Crippen LogP contribution in [0.4, 0.5) is 24.0 Å². The number of methoxy groups -OCH3 is 1. The molecule has 1 heterocycles. The molecule has 0 saturated carbocycles. The molecule has 0 unspecified atom stereocenters. The van der Waals surface area contributed by atoms with E-state index in [-0.39, 0.29) is 5.41 Å². The number of rotatable bonds is 5. The molecule has 0 fully saturated rings. The molecule has 154 valence electrons. The van der Waals surface area contributed by atoms with Gasteiger partial charge in [0.2, 0.25) is 0 Å². The molecule has 3 aromatic rings. The highest BCUT2D eigenvalue weighted by Gasteiger charge is 2.30. The topological polar surface area (TPSA) is 34.1 Å². The molecule has 3 rings (SSSR count). The van der Waals surface area contributed by atoms with E-state index in [1.54, 1.807) is 7.11 Å². The number of thiazole rings is 1. The van der Waals surface area contributed by atoms with Crippen molar-refractivity contribution in [3.63, 3.8) is 0 Å². The van der Waals surface area contributed by atoms with Gasteiger partial charge in [0, 0.05) is 22.4 Å². The van der Waals surface area contributed by atoms with Crippen LogP contribution in [0.15, 0.2) is 48.5 Å². The van der Waals surface area contributed by atoms with Gasteiger partial charge in [0.1, 0.15) is 5.75 Å². The Kier molecular flexibility index (Phi) is 5.89. The van der Waals surface area contributed by atoms with Crippen molar-refractivity contribution in [2.45, 2.75) is 38.8 Å². The minimum Gasteiger partial charge on any atom is -0.496 e. The van der Waals surface area contributed by atoms with E-state index in [1.807, 2.05) is 24.3 Å². The van der Waals surface area contributed by atoms with Crippen LogP contribution >= 0.6 is 11.3 Å². The van der Waals surface area contributed by atoms with Crippen LogP contribution in [0.1, 0.15) is 42.5 Å². The van der Waals surface area contributed by atoms with Gasteiger partial charge in [-0.05, 0) is 35.9 Å². The second-order valence-electron chi connectivity index (χ2n) is 7.73. The lowest BCUT2D eigenvalue weighted by Gasteiger charge is -2.18. The van der Waals surface area contributed by atoms with Crippen molar-refractivity contribution >= 4 is 22.2 Å². The molecule has 1 aromatic heterocycles.